The van der Waals surface area contributed by atoms with Crippen LogP contribution < -0.4 is 20.3 Å². The maximum absolute atomic E-state index is 13.9. The zero-order valence-corrected chi connectivity index (χ0v) is 27.6. The van der Waals surface area contributed by atoms with Gasteiger partial charge in [0.1, 0.15) is 11.3 Å². The van der Waals surface area contributed by atoms with E-state index in [4.69, 9.17) is 9.84 Å². The molecule has 0 spiro atoms. The minimum atomic E-state index is -1.02. The number of likely N-dealkylation sites (N-methyl/N-ethyl adjacent to an activating group) is 1. The van der Waals surface area contributed by atoms with Crippen LogP contribution in [0, 0.1) is 0 Å². The Bertz CT molecular complexity index is 1910. The number of fused-ring (bicyclic) bond motifs is 5. The number of anilines is 2. The Hall–Kier alpha value is -5.05. The predicted molar refractivity (Wildman–Crippen MR) is 189 cm³/mol. The van der Waals surface area contributed by atoms with Crippen molar-refractivity contribution in [2.24, 2.45) is 0 Å². The number of aromatic nitrogens is 1. The molecule has 248 valence electrons. The Labute approximate surface area is 280 Å². The highest BCUT2D eigenvalue weighted by Crippen LogP contribution is 2.48. The molecule has 0 saturated heterocycles. The lowest BCUT2D eigenvalue weighted by Gasteiger charge is -2.40. The van der Waals surface area contributed by atoms with E-state index in [9.17, 15) is 14.4 Å². The maximum Gasteiger partial charge on any atom is 0.328 e. The molecule has 2 heterocycles. The smallest absolute Gasteiger partial charge is 0.328 e. The number of ether oxygens (including phenoxy) is 1. The molecule has 0 bridgehead atoms. The van der Waals surface area contributed by atoms with Crippen LogP contribution in [0.3, 0.4) is 0 Å². The van der Waals surface area contributed by atoms with Crippen molar-refractivity contribution < 1.29 is 24.2 Å². The number of carboxylic acid groups (broad SMARTS) is 1. The van der Waals surface area contributed by atoms with Crippen LogP contribution in [-0.4, -0.2) is 53.7 Å². The third-order valence-electron chi connectivity index (χ3n) is 10.5. The number of hydrogen-bond donors (Lipinski definition) is 3. The molecule has 3 aromatic carbocycles. The number of nitrogens with zero attached hydrogens (tertiary/aromatic N) is 2. The van der Waals surface area contributed by atoms with E-state index in [1.165, 1.54) is 47.5 Å². The van der Waals surface area contributed by atoms with Crippen molar-refractivity contribution in [3.05, 3.63) is 83.4 Å². The lowest BCUT2D eigenvalue weighted by molar-refractivity contribution is -0.131. The minimum absolute atomic E-state index is 0.247. The summed E-state index contributed by atoms with van der Waals surface area (Å²) in [5, 5.41) is 16.2. The molecule has 2 saturated carbocycles. The number of rotatable bonds is 8. The van der Waals surface area contributed by atoms with Crippen molar-refractivity contribution in [1.29, 1.82) is 0 Å². The third-order valence-corrected chi connectivity index (χ3v) is 10.5. The van der Waals surface area contributed by atoms with Crippen LogP contribution >= 0.6 is 0 Å². The molecule has 0 radical (unpaired) electrons. The van der Waals surface area contributed by atoms with Crippen molar-refractivity contribution >= 4 is 46.1 Å². The van der Waals surface area contributed by atoms with Gasteiger partial charge in [-0.2, -0.15) is 0 Å². The van der Waals surface area contributed by atoms with Crippen LogP contribution in [0.15, 0.2) is 66.7 Å². The molecule has 0 atom stereocenters. The molecule has 2 fully saturated rings. The number of carbonyl (C=O) groups excluding carboxylic acids is 2. The average molecular weight is 647 g/mol. The Balaban J connectivity index is 1.20. The lowest BCUT2D eigenvalue weighted by Crippen LogP contribution is -2.61. The summed E-state index contributed by atoms with van der Waals surface area (Å²) in [6.07, 6.45) is 10.6. The van der Waals surface area contributed by atoms with Crippen molar-refractivity contribution in [3.63, 3.8) is 0 Å². The van der Waals surface area contributed by atoms with E-state index in [-0.39, 0.29) is 11.8 Å². The highest BCUT2D eigenvalue weighted by molar-refractivity contribution is 6.06. The summed E-state index contributed by atoms with van der Waals surface area (Å²) in [6, 6.07) is 19.3. The first-order valence-electron chi connectivity index (χ1n) is 17.0. The van der Waals surface area contributed by atoms with Gasteiger partial charge in [-0.25, -0.2) is 4.79 Å². The summed E-state index contributed by atoms with van der Waals surface area (Å²) in [5.41, 5.74) is 6.88. The first-order valence-corrected chi connectivity index (χ1v) is 17.0. The average Bonchev–Trinajstić information content (AvgIpc) is 3.33. The SMILES string of the molecule is COc1ccc2c(c1)N(C)CCn1c-2c(C2CCCCC2)c2ccc(C(=O)NC3(C(=O)Nc4ccc(/C=C/C(=O)O)cc4)CCC3)cc21. The van der Waals surface area contributed by atoms with E-state index in [0.717, 1.165) is 55.4 Å². The van der Waals surface area contributed by atoms with E-state index in [1.54, 1.807) is 31.4 Å². The van der Waals surface area contributed by atoms with E-state index in [0.29, 0.717) is 35.6 Å². The Morgan fingerprint density at radius 2 is 1.71 bits per heavy atom. The molecule has 48 heavy (non-hydrogen) atoms. The molecular weight excluding hydrogens is 604 g/mol. The fourth-order valence-corrected chi connectivity index (χ4v) is 7.69. The highest BCUT2D eigenvalue weighted by Gasteiger charge is 2.45. The van der Waals surface area contributed by atoms with Gasteiger partial charge in [-0.05, 0) is 91.6 Å². The predicted octanol–water partition coefficient (Wildman–Crippen LogP) is 7.20. The molecule has 1 aliphatic heterocycles. The van der Waals surface area contributed by atoms with Gasteiger partial charge in [0.2, 0.25) is 5.91 Å². The third kappa shape index (κ3) is 5.82. The molecule has 3 N–H and O–H groups in total. The van der Waals surface area contributed by atoms with Gasteiger partial charge >= 0.3 is 5.97 Å². The standard InChI is InChI=1S/C39H42N4O5/c1-42-21-22-43-33-23-27(37(46)41-39(19-6-20-39)38(47)40-28-13-9-25(10-14-28)11-18-34(44)45)12-16-30(33)35(26-7-4-3-5-8-26)36(43)31-17-15-29(48-2)24-32(31)42/h9-18,23-24,26H,3-8,19-22H2,1-2H3,(H,40,47)(H,41,46)(H,44,45)/b18-11+. The number of nitrogens with one attached hydrogen (secondary N) is 2. The van der Waals surface area contributed by atoms with Gasteiger partial charge in [0, 0.05) is 65.7 Å². The molecule has 9 nitrogen and oxygen atoms in total. The fourth-order valence-electron chi connectivity index (χ4n) is 7.69. The minimum Gasteiger partial charge on any atom is -0.497 e. The number of methoxy groups -OCH3 is 1. The van der Waals surface area contributed by atoms with Crippen LogP contribution in [0.5, 0.6) is 5.75 Å². The molecule has 4 aromatic rings. The van der Waals surface area contributed by atoms with E-state index in [1.807, 2.05) is 18.2 Å². The topological polar surface area (TPSA) is 113 Å². The molecule has 2 amide bonds. The van der Waals surface area contributed by atoms with Gasteiger partial charge in [-0.3, -0.25) is 9.59 Å². The van der Waals surface area contributed by atoms with Crippen LogP contribution in [-0.2, 0) is 16.1 Å². The van der Waals surface area contributed by atoms with Gasteiger partial charge < -0.3 is 29.9 Å². The summed E-state index contributed by atoms with van der Waals surface area (Å²) in [5.74, 6) is -0.234. The van der Waals surface area contributed by atoms with Crippen LogP contribution in [0.25, 0.3) is 28.2 Å². The summed E-state index contributed by atoms with van der Waals surface area (Å²) in [7, 11) is 3.83. The Kier molecular flexibility index (Phi) is 8.45. The molecule has 9 heteroatoms. The van der Waals surface area contributed by atoms with Gasteiger partial charge in [0.25, 0.3) is 5.91 Å². The summed E-state index contributed by atoms with van der Waals surface area (Å²) < 4.78 is 8.01. The number of aliphatic carboxylic acids is 1. The second-order valence-corrected chi connectivity index (χ2v) is 13.4. The fraction of sp³-hybridized carbons (Fsp3) is 0.359. The molecule has 3 aliphatic rings. The number of amides is 2. The van der Waals surface area contributed by atoms with E-state index < -0.39 is 11.5 Å². The van der Waals surface area contributed by atoms with Crippen molar-refractivity contribution in [2.45, 2.75) is 69.4 Å². The molecule has 0 unspecified atom stereocenters. The molecular formula is C39H42N4O5. The highest BCUT2D eigenvalue weighted by atomic mass is 16.5. The second kappa shape index (κ2) is 12.9. The zero-order valence-electron chi connectivity index (χ0n) is 27.6. The lowest BCUT2D eigenvalue weighted by atomic mass is 9.75. The number of carboxylic acids is 1. The maximum atomic E-state index is 13.9. The molecule has 1 aromatic heterocycles. The van der Waals surface area contributed by atoms with Gasteiger partial charge in [-0.15, -0.1) is 0 Å². The quantitative estimate of drug-likeness (QED) is 0.175. The molecule has 7 rings (SSSR count). The first kappa shape index (κ1) is 31.5. The number of carbonyl (C=O) groups is 3. The van der Waals surface area contributed by atoms with E-state index in [2.05, 4.69) is 45.3 Å². The Morgan fingerprint density at radius 3 is 2.40 bits per heavy atom. The van der Waals surface area contributed by atoms with Gasteiger partial charge in [0.05, 0.1) is 12.8 Å². The van der Waals surface area contributed by atoms with Crippen molar-refractivity contribution in [1.82, 2.24) is 9.88 Å². The monoisotopic (exact) mass is 646 g/mol. The van der Waals surface area contributed by atoms with Gasteiger partial charge in [0.15, 0.2) is 0 Å². The largest absolute Gasteiger partial charge is 0.497 e. The Morgan fingerprint density at radius 1 is 0.938 bits per heavy atom. The summed E-state index contributed by atoms with van der Waals surface area (Å²) in [4.78, 5) is 40.6. The summed E-state index contributed by atoms with van der Waals surface area (Å²) in [6.45, 7) is 1.60. The summed E-state index contributed by atoms with van der Waals surface area (Å²) >= 11 is 0. The van der Waals surface area contributed by atoms with Gasteiger partial charge in [-0.1, -0.05) is 37.5 Å². The first-order chi connectivity index (χ1) is 23.3. The van der Waals surface area contributed by atoms with Crippen molar-refractivity contribution in [3.8, 4) is 17.0 Å². The van der Waals surface area contributed by atoms with Crippen LogP contribution in [0.4, 0.5) is 11.4 Å². The van der Waals surface area contributed by atoms with Crippen LogP contribution in [0.2, 0.25) is 0 Å². The normalized spacial score (nSPS) is 17.2. The second-order valence-electron chi connectivity index (χ2n) is 13.4. The zero-order chi connectivity index (χ0) is 33.4. The number of benzene rings is 3. The van der Waals surface area contributed by atoms with Crippen molar-refractivity contribution in [2.75, 3.05) is 30.9 Å². The van der Waals surface area contributed by atoms with E-state index >= 15 is 0 Å². The van der Waals surface area contributed by atoms with Crippen LogP contribution in [0.1, 0.15) is 78.8 Å². The molecule has 2 aliphatic carbocycles. The number of hydrogen-bond acceptors (Lipinski definition) is 5.